The molecule has 0 aliphatic carbocycles. The average Bonchev–Trinajstić information content (AvgIpc) is 3.10. The molecule has 1 atom stereocenters. The lowest BCUT2D eigenvalue weighted by Crippen LogP contribution is -2.44. The van der Waals surface area contributed by atoms with Gasteiger partial charge in [0.1, 0.15) is 0 Å². The lowest BCUT2D eigenvalue weighted by atomic mass is 9.99. The zero-order valence-electron chi connectivity index (χ0n) is 14.4. The van der Waals surface area contributed by atoms with Gasteiger partial charge in [-0.25, -0.2) is 4.68 Å². The van der Waals surface area contributed by atoms with Crippen LogP contribution in [0.5, 0.6) is 0 Å². The van der Waals surface area contributed by atoms with Crippen molar-refractivity contribution >= 4 is 17.5 Å². The van der Waals surface area contributed by atoms with E-state index in [9.17, 15) is 4.79 Å². The van der Waals surface area contributed by atoms with E-state index in [-0.39, 0.29) is 11.9 Å². The summed E-state index contributed by atoms with van der Waals surface area (Å²) in [5.74, 6) is -0.0498. The number of ether oxygens (including phenoxy) is 1. The van der Waals surface area contributed by atoms with Crippen molar-refractivity contribution in [3.63, 3.8) is 0 Å². The molecule has 0 radical (unpaired) electrons. The molecule has 0 saturated carbocycles. The van der Waals surface area contributed by atoms with Crippen LogP contribution in [0.25, 0.3) is 0 Å². The van der Waals surface area contributed by atoms with Crippen molar-refractivity contribution in [3.8, 4) is 0 Å². The fraction of sp³-hybridized carbons (Fsp3) is 0.500. The summed E-state index contributed by atoms with van der Waals surface area (Å²) in [6.07, 6.45) is 5.76. The number of nitrogens with zero attached hydrogens (tertiary/aromatic N) is 4. The highest BCUT2D eigenvalue weighted by atomic mass is 35.5. The number of amides is 1. The van der Waals surface area contributed by atoms with Gasteiger partial charge in [-0.1, -0.05) is 35.0 Å². The fourth-order valence-corrected chi connectivity index (χ4v) is 3.44. The van der Waals surface area contributed by atoms with Crippen LogP contribution in [0.4, 0.5) is 0 Å². The molecule has 25 heavy (non-hydrogen) atoms. The third-order valence-corrected chi connectivity index (χ3v) is 4.96. The van der Waals surface area contributed by atoms with Crippen molar-refractivity contribution in [1.82, 2.24) is 19.9 Å². The largest absolute Gasteiger partial charge is 0.385 e. The lowest BCUT2D eigenvalue weighted by molar-refractivity contribution is 0.0547. The molecule has 6 nitrogen and oxygen atoms in total. The first-order valence-corrected chi connectivity index (χ1v) is 9.00. The SMILES string of the molecule is COCC[C@H]1CCCCN1C(=O)c1cn(Cc2ccccc2Cl)nn1. The Morgan fingerprint density at radius 3 is 3.00 bits per heavy atom. The van der Waals surface area contributed by atoms with Gasteiger partial charge < -0.3 is 9.64 Å². The lowest BCUT2D eigenvalue weighted by Gasteiger charge is -2.35. The van der Waals surface area contributed by atoms with Crippen LogP contribution in [0.2, 0.25) is 5.02 Å². The Labute approximate surface area is 152 Å². The molecular formula is C18H23ClN4O2. The van der Waals surface area contributed by atoms with Gasteiger partial charge in [0.05, 0.1) is 12.7 Å². The molecule has 7 heteroatoms. The molecule has 1 saturated heterocycles. The standard InChI is InChI=1S/C18H23ClN4O2/c1-25-11-9-15-7-4-5-10-23(15)18(24)17-13-22(21-20-17)12-14-6-2-3-8-16(14)19/h2-3,6,8,13,15H,4-5,7,9-12H2,1H3/t15-/m1/s1. The van der Waals surface area contributed by atoms with Gasteiger partial charge in [-0.3, -0.25) is 4.79 Å². The average molecular weight is 363 g/mol. The van der Waals surface area contributed by atoms with E-state index in [0.717, 1.165) is 37.8 Å². The number of carbonyl (C=O) groups is 1. The highest BCUT2D eigenvalue weighted by Crippen LogP contribution is 2.22. The molecule has 0 unspecified atom stereocenters. The van der Waals surface area contributed by atoms with E-state index in [1.54, 1.807) is 18.0 Å². The Hall–Kier alpha value is -1.92. The van der Waals surface area contributed by atoms with Crippen molar-refractivity contribution in [2.45, 2.75) is 38.3 Å². The van der Waals surface area contributed by atoms with Gasteiger partial charge in [-0.15, -0.1) is 5.10 Å². The molecule has 1 fully saturated rings. The van der Waals surface area contributed by atoms with Crippen LogP contribution in [0.3, 0.4) is 0 Å². The van der Waals surface area contributed by atoms with Crippen molar-refractivity contribution in [2.75, 3.05) is 20.3 Å². The van der Waals surface area contributed by atoms with Crippen LogP contribution in [0, 0.1) is 0 Å². The molecule has 0 bridgehead atoms. The second-order valence-electron chi connectivity index (χ2n) is 6.32. The number of hydrogen-bond acceptors (Lipinski definition) is 4. The second kappa shape index (κ2) is 8.45. The fourth-order valence-electron chi connectivity index (χ4n) is 3.24. The number of hydrogen-bond donors (Lipinski definition) is 0. The first-order valence-electron chi connectivity index (χ1n) is 8.62. The molecule has 1 aromatic heterocycles. The maximum Gasteiger partial charge on any atom is 0.276 e. The Kier molecular flexibility index (Phi) is 6.04. The van der Waals surface area contributed by atoms with E-state index in [1.165, 1.54) is 0 Å². The molecule has 134 valence electrons. The zero-order valence-corrected chi connectivity index (χ0v) is 15.2. The number of likely N-dealkylation sites (tertiary alicyclic amines) is 1. The first-order chi connectivity index (χ1) is 12.2. The highest BCUT2D eigenvalue weighted by Gasteiger charge is 2.28. The number of carbonyl (C=O) groups excluding carboxylic acids is 1. The summed E-state index contributed by atoms with van der Waals surface area (Å²) < 4.78 is 6.83. The van der Waals surface area contributed by atoms with Crippen LogP contribution in [-0.4, -0.2) is 52.1 Å². The summed E-state index contributed by atoms with van der Waals surface area (Å²) >= 11 is 6.18. The van der Waals surface area contributed by atoms with Crippen molar-refractivity contribution < 1.29 is 9.53 Å². The Bertz CT molecular complexity index is 719. The number of methoxy groups -OCH3 is 1. The molecule has 0 spiro atoms. The molecule has 1 aliphatic heterocycles. The molecule has 1 amide bonds. The Morgan fingerprint density at radius 1 is 1.36 bits per heavy atom. The minimum absolute atomic E-state index is 0.0498. The summed E-state index contributed by atoms with van der Waals surface area (Å²) in [5, 5.41) is 8.85. The van der Waals surface area contributed by atoms with E-state index < -0.39 is 0 Å². The number of aromatic nitrogens is 3. The Balaban J connectivity index is 1.70. The normalized spacial score (nSPS) is 17.7. The van der Waals surface area contributed by atoms with Crippen molar-refractivity contribution in [1.29, 1.82) is 0 Å². The van der Waals surface area contributed by atoms with Gasteiger partial charge in [0.2, 0.25) is 0 Å². The van der Waals surface area contributed by atoms with Gasteiger partial charge in [-0.05, 0) is 37.3 Å². The molecule has 0 N–H and O–H groups in total. The molecular weight excluding hydrogens is 340 g/mol. The summed E-state index contributed by atoms with van der Waals surface area (Å²) in [6.45, 7) is 1.92. The third kappa shape index (κ3) is 4.38. The van der Waals surface area contributed by atoms with Crippen LogP contribution in [-0.2, 0) is 11.3 Å². The maximum absolute atomic E-state index is 12.8. The number of halogens is 1. The molecule has 1 aromatic carbocycles. The minimum Gasteiger partial charge on any atom is -0.385 e. The highest BCUT2D eigenvalue weighted by molar-refractivity contribution is 6.31. The number of rotatable bonds is 6. The number of benzene rings is 1. The second-order valence-corrected chi connectivity index (χ2v) is 6.73. The van der Waals surface area contributed by atoms with Gasteiger partial charge in [-0.2, -0.15) is 0 Å². The number of piperidine rings is 1. The van der Waals surface area contributed by atoms with Crippen LogP contribution >= 0.6 is 11.6 Å². The maximum atomic E-state index is 12.8. The third-order valence-electron chi connectivity index (χ3n) is 4.59. The van der Waals surface area contributed by atoms with Gasteiger partial charge >= 0.3 is 0 Å². The van der Waals surface area contributed by atoms with E-state index in [2.05, 4.69) is 10.3 Å². The Morgan fingerprint density at radius 2 is 2.20 bits per heavy atom. The minimum atomic E-state index is -0.0498. The van der Waals surface area contributed by atoms with Crippen molar-refractivity contribution in [2.24, 2.45) is 0 Å². The molecule has 2 aromatic rings. The smallest absolute Gasteiger partial charge is 0.276 e. The topological polar surface area (TPSA) is 60.2 Å². The van der Waals surface area contributed by atoms with Gasteiger partial charge in [0, 0.05) is 31.3 Å². The summed E-state index contributed by atoms with van der Waals surface area (Å²) in [7, 11) is 1.69. The van der Waals surface area contributed by atoms with E-state index in [4.69, 9.17) is 16.3 Å². The quantitative estimate of drug-likeness (QED) is 0.792. The molecule has 1 aliphatic rings. The van der Waals surface area contributed by atoms with Crippen LogP contribution in [0.1, 0.15) is 41.7 Å². The summed E-state index contributed by atoms with van der Waals surface area (Å²) in [5.41, 5.74) is 1.33. The monoisotopic (exact) mass is 362 g/mol. The van der Waals surface area contributed by atoms with E-state index in [1.807, 2.05) is 29.2 Å². The predicted molar refractivity (Wildman–Crippen MR) is 95.7 cm³/mol. The van der Waals surface area contributed by atoms with Gasteiger partial charge in [0.15, 0.2) is 5.69 Å². The van der Waals surface area contributed by atoms with E-state index >= 15 is 0 Å². The molecule has 2 heterocycles. The predicted octanol–water partition coefficient (Wildman–Crippen LogP) is 3.01. The first kappa shape index (κ1) is 17.9. The van der Waals surface area contributed by atoms with Crippen molar-refractivity contribution in [3.05, 3.63) is 46.7 Å². The van der Waals surface area contributed by atoms with Crippen LogP contribution in [0.15, 0.2) is 30.5 Å². The summed E-state index contributed by atoms with van der Waals surface area (Å²) in [4.78, 5) is 14.8. The zero-order chi connectivity index (χ0) is 17.6. The summed E-state index contributed by atoms with van der Waals surface area (Å²) in [6, 6.07) is 7.82. The van der Waals surface area contributed by atoms with Crippen LogP contribution < -0.4 is 0 Å². The molecule has 3 rings (SSSR count). The van der Waals surface area contributed by atoms with E-state index in [0.29, 0.717) is 23.9 Å². The van der Waals surface area contributed by atoms with Gasteiger partial charge in [0.25, 0.3) is 5.91 Å².